The van der Waals surface area contributed by atoms with Crippen LogP contribution < -0.4 is 0 Å². The number of H-pyrrole nitrogens is 1. The van der Waals surface area contributed by atoms with Gasteiger partial charge < -0.3 is 9.72 Å². The molecule has 28 heavy (non-hydrogen) atoms. The molecular weight excluding hydrogens is 360 g/mol. The second kappa shape index (κ2) is 7.22. The zero-order valence-corrected chi connectivity index (χ0v) is 15.7. The molecule has 2 aromatic rings. The Hall–Kier alpha value is -2.96. The topological polar surface area (TPSA) is 96.5 Å². The minimum atomic E-state index is -0.744. The van der Waals surface area contributed by atoms with Crippen molar-refractivity contribution in [2.45, 2.75) is 32.6 Å². The van der Waals surface area contributed by atoms with Crippen molar-refractivity contribution in [2.24, 2.45) is 11.8 Å². The lowest BCUT2D eigenvalue weighted by Crippen LogP contribution is -2.37. The average molecular weight is 382 g/mol. The highest BCUT2D eigenvalue weighted by molar-refractivity contribution is 6.10. The maximum Gasteiger partial charge on any atom is 0.326 e. The molecule has 2 aliphatic rings. The zero-order valence-electron chi connectivity index (χ0n) is 15.7. The number of imide groups is 1. The molecule has 1 aliphatic carbocycles. The number of aromatic nitrogens is 1. The number of carbonyl (C=O) groups is 4. The maximum absolute atomic E-state index is 12.6. The van der Waals surface area contributed by atoms with Gasteiger partial charge in [-0.15, -0.1) is 0 Å². The molecule has 0 radical (unpaired) electrons. The molecule has 2 heterocycles. The van der Waals surface area contributed by atoms with E-state index in [1.165, 1.54) is 0 Å². The number of carbonyl (C=O) groups excluding carboxylic acids is 4. The van der Waals surface area contributed by atoms with Gasteiger partial charge in [-0.1, -0.05) is 31.0 Å². The first-order valence-corrected chi connectivity index (χ1v) is 9.58. The molecule has 1 saturated heterocycles. The van der Waals surface area contributed by atoms with Crippen molar-refractivity contribution < 1.29 is 23.9 Å². The van der Waals surface area contributed by atoms with Crippen LogP contribution in [0.25, 0.3) is 10.9 Å². The van der Waals surface area contributed by atoms with E-state index in [-0.39, 0.29) is 29.4 Å². The van der Waals surface area contributed by atoms with E-state index >= 15 is 0 Å². The highest BCUT2D eigenvalue weighted by Gasteiger charge is 2.48. The summed E-state index contributed by atoms with van der Waals surface area (Å²) in [7, 11) is 0. The number of nitrogens with zero attached hydrogens (tertiary/aromatic N) is 1. The molecule has 2 fully saturated rings. The van der Waals surface area contributed by atoms with Crippen LogP contribution in [0.2, 0.25) is 0 Å². The Kier molecular flexibility index (Phi) is 4.75. The van der Waals surface area contributed by atoms with Crippen molar-refractivity contribution >= 4 is 34.5 Å². The fraction of sp³-hybridized carbons (Fsp3) is 0.429. The summed E-state index contributed by atoms with van der Waals surface area (Å²) in [6.45, 7) is 0.938. The van der Waals surface area contributed by atoms with Gasteiger partial charge in [-0.25, -0.2) is 0 Å². The molecular formula is C21H22N2O5. The van der Waals surface area contributed by atoms with Crippen LogP contribution in [0, 0.1) is 18.8 Å². The number of ketones is 1. The fourth-order valence-corrected chi connectivity index (χ4v) is 4.42. The van der Waals surface area contributed by atoms with Gasteiger partial charge >= 0.3 is 5.97 Å². The van der Waals surface area contributed by atoms with E-state index in [1.807, 2.05) is 24.3 Å². The zero-order chi connectivity index (χ0) is 19.8. The van der Waals surface area contributed by atoms with Crippen LogP contribution in [0.4, 0.5) is 0 Å². The largest absolute Gasteiger partial charge is 0.456 e. The van der Waals surface area contributed by atoms with Gasteiger partial charge in [0.1, 0.15) is 6.54 Å². The van der Waals surface area contributed by atoms with Crippen LogP contribution in [0.15, 0.2) is 24.3 Å². The van der Waals surface area contributed by atoms with Gasteiger partial charge in [0, 0.05) is 22.2 Å². The first-order chi connectivity index (χ1) is 13.5. The van der Waals surface area contributed by atoms with Gasteiger partial charge in [0.05, 0.1) is 11.8 Å². The molecule has 0 unspecified atom stereocenters. The molecule has 0 spiro atoms. The number of amides is 2. The van der Waals surface area contributed by atoms with E-state index in [9.17, 15) is 19.2 Å². The number of rotatable bonds is 5. The molecule has 2 amide bonds. The molecule has 1 N–H and O–H groups in total. The number of likely N-dealkylation sites (tertiary alicyclic amines) is 1. The lowest BCUT2D eigenvalue weighted by atomic mass is 9.81. The van der Waals surface area contributed by atoms with Crippen molar-refractivity contribution in [3.8, 4) is 0 Å². The molecule has 7 nitrogen and oxygen atoms in total. The van der Waals surface area contributed by atoms with Crippen LogP contribution in [-0.2, 0) is 19.1 Å². The van der Waals surface area contributed by atoms with Crippen LogP contribution in [-0.4, -0.2) is 46.6 Å². The second-order valence-electron chi connectivity index (χ2n) is 7.51. The smallest absolute Gasteiger partial charge is 0.326 e. The minimum Gasteiger partial charge on any atom is -0.456 e. The highest BCUT2D eigenvalue weighted by Crippen LogP contribution is 2.37. The molecule has 4 rings (SSSR count). The van der Waals surface area contributed by atoms with E-state index in [1.54, 1.807) is 6.92 Å². The monoisotopic (exact) mass is 382 g/mol. The Morgan fingerprint density at radius 2 is 1.75 bits per heavy atom. The highest BCUT2D eigenvalue weighted by atomic mass is 16.5. The summed E-state index contributed by atoms with van der Waals surface area (Å²) in [6, 6.07) is 7.41. The summed E-state index contributed by atoms with van der Waals surface area (Å²) in [4.78, 5) is 53.8. The van der Waals surface area contributed by atoms with Gasteiger partial charge in [-0.3, -0.25) is 24.1 Å². The van der Waals surface area contributed by atoms with E-state index < -0.39 is 19.1 Å². The number of aromatic amines is 1. The molecule has 7 heteroatoms. The second-order valence-corrected chi connectivity index (χ2v) is 7.51. The first kappa shape index (κ1) is 18.4. The van der Waals surface area contributed by atoms with E-state index in [0.717, 1.165) is 28.6 Å². The summed E-state index contributed by atoms with van der Waals surface area (Å²) in [6.07, 6.45) is 3.24. The molecule has 1 aliphatic heterocycles. The van der Waals surface area contributed by atoms with Crippen molar-refractivity contribution in [2.75, 3.05) is 13.2 Å². The number of hydrogen-bond donors (Lipinski definition) is 1. The predicted molar refractivity (Wildman–Crippen MR) is 100 cm³/mol. The van der Waals surface area contributed by atoms with Gasteiger partial charge in [-0.05, 0) is 25.8 Å². The van der Waals surface area contributed by atoms with E-state index in [4.69, 9.17) is 4.74 Å². The van der Waals surface area contributed by atoms with Crippen LogP contribution in [0.5, 0.6) is 0 Å². The summed E-state index contributed by atoms with van der Waals surface area (Å²) in [5.41, 5.74) is 2.03. The normalized spacial score (nSPS) is 21.8. The third kappa shape index (κ3) is 3.10. The predicted octanol–water partition coefficient (Wildman–Crippen LogP) is 2.38. The number of para-hydroxylation sites is 1. The van der Waals surface area contributed by atoms with Gasteiger partial charge in [-0.2, -0.15) is 0 Å². The SMILES string of the molecule is Cc1[nH]c2ccccc2c1C(=O)COC(=O)CN1C(=O)[C@H]2CCCC[C@H]2C1=O. The maximum atomic E-state index is 12.6. The summed E-state index contributed by atoms with van der Waals surface area (Å²) < 4.78 is 5.10. The summed E-state index contributed by atoms with van der Waals surface area (Å²) >= 11 is 0. The third-order valence-corrected chi connectivity index (χ3v) is 5.76. The Morgan fingerprint density at radius 3 is 2.43 bits per heavy atom. The summed E-state index contributed by atoms with van der Waals surface area (Å²) in [5.74, 6) is -2.24. The van der Waals surface area contributed by atoms with Crippen LogP contribution in [0.1, 0.15) is 41.7 Å². The van der Waals surface area contributed by atoms with Crippen LogP contribution in [0.3, 0.4) is 0 Å². The Morgan fingerprint density at radius 1 is 1.11 bits per heavy atom. The molecule has 1 saturated carbocycles. The lowest BCUT2D eigenvalue weighted by Gasteiger charge is -2.19. The van der Waals surface area contributed by atoms with E-state index in [2.05, 4.69) is 4.98 Å². The number of nitrogens with one attached hydrogen (secondary N) is 1. The minimum absolute atomic E-state index is 0.287. The Bertz CT molecular complexity index is 952. The van der Waals surface area contributed by atoms with Gasteiger partial charge in [0.2, 0.25) is 17.6 Å². The summed E-state index contributed by atoms with van der Waals surface area (Å²) in [5, 5.41) is 0.773. The van der Waals surface area contributed by atoms with Gasteiger partial charge in [0.25, 0.3) is 0 Å². The quantitative estimate of drug-likeness (QED) is 0.487. The molecule has 1 aromatic carbocycles. The standard InChI is InChI=1S/C21H22N2O5/c1-12-19(15-8-4-5-9-16(15)22-12)17(24)11-28-18(25)10-23-20(26)13-6-2-3-7-14(13)21(23)27/h4-5,8-9,13-14,22H,2-3,6-7,10-11H2,1H3/t13-,14+. The first-order valence-electron chi connectivity index (χ1n) is 9.58. The number of hydrogen-bond acceptors (Lipinski definition) is 5. The average Bonchev–Trinajstić information content (AvgIpc) is 3.15. The number of ether oxygens (including phenoxy) is 1. The Labute approximate surface area is 162 Å². The lowest BCUT2D eigenvalue weighted by molar-refractivity contribution is -0.152. The van der Waals surface area contributed by atoms with Crippen molar-refractivity contribution in [3.05, 3.63) is 35.5 Å². The van der Waals surface area contributed by atoms with Crippen molar-refractivity contribution in [3.63, 3.8) is 0 Å². The molecule has 1 aromatic heterocycles. The number of Topliss-reactive ketones (excluding diaryl/α,β-unsaturated/α-hetero) is 1. The van der Waals surface area contributed by atoms with Crippen LogP contribution >= 0.6 is 0 Å². The fourth-order valence-electron chi connectivity index (χ4n) is 4.42. The van der Waals surface area contributed by atoms with Crippen molar-refractivity contribution in [1.29, 1.82) is 0 Å². The number of benzene rings is 1. The molecule has 2 atom stereocenters. The number of aryl methyl sites for hydroxylation is 1. The molecule has 146 valence electrons. The number of fused-ring (bicyclic) bond motifs is 2. The number of esters is 1. The Balaban J connectivity index is 1.39. The van der Waals surface area contributed by atoms with Crippen molar-refractivity contribution in [1.82, 2.24) is 9.88 Å². The molecule has 0 bridgehead atoms. The van der Waals surface area contributed by atoms with Gasteiger partial charge in [0.15, 0.2) is 6.61 Å². The van der Waals surface area contributed by atoms with E-state index in [0.29, 0.717) is 24.1 Å². The third-order valence-electron chi connectivity index (χ3n) is 5.76.